The van der Waals surface area contributed by atoms with E-state index in [1.54, 1.807) is 18.2 Å². The van der Waals surface area contributed by atoms with Crippen LogP contribution in [0.3, 0.4) is 0 Å². The molecule has 0 fully saturated rings. The van der Waals surface area contributed by atoms with E-state index in [4.69, 9.17) is 0 Å². The molecule has 0 radical (unpaired) electrons. The number of nitrogens with zero attached hydrogens (tertiary/aromatic N) is 1. The van der Waals surface area contributed by atoms with E-state index in [2.05, 4.69) is 21.9 Å². The Kier molecular flexibility index (Phi) is 4.80. The fraction of sp³-hybridized carbons (Fsp3) is 0.267. The van der Waals surface area contributed by atoms with Crippen LogP contribution in [0, 0.1) is 0 Å². The Labute approximate surface area is 125 Å². The van der Waals surface area contributed by atoms with E-state index in [1.165, 1.54) is 12.3 Å². The van der Waals surface area contributed by atoms with Crippen molar-refractivity contribution in [1.29, 1.82) is 0 Å². The number of benzene rings is 1. The van der Waals surface area contributed by atoms with Crippen molar-refractivity contribution in [1.82, 2.24) is 4.98 Å². The van der Waals surface area contributed by atoms with Gasteiger partial charge in [0.05, 0.1) is 0 Å². The summed E-state index contributed by atoms with van der Waals surface area (Å²) in [5, 5.41) is 3.02. The molecular weight excluding hydrogens is 286 g/mol. The number of aryl methyl sites for hydroxylation is 1. The van der Waals surface area contributed by atoms with Gasteiger partial charge in [0.15, 0.2) is 0 Å². The van der Waals surface area contributed by atoms with E-state index in [0.29, 0.717) is 11.5 Å². The summed E-state index contributed by atoms with van der Waals surface area (Å²) < 4.78 is 27.1. The molecule has 0 bridgehead atoms. The number of aromatic nitrogens is 1. The van der Waals surface area contributed by atoms with Crippen LogP contribution in [0.4, 0.5) is 11.5 Å². The fourth-order valence-electron chi connectivity index (χ4n) is 1.85. The summed E-state index contributed by atoms with van der Waals surface area (Å²) in [6, 6.07) is 10.5. The van der Waals surface area contributed by atoms with E-state index in [9.17, 15) is 8.42 Å². The molecule has 0 amide bonds. The number of pyridine rings is 1. The molecule has 1 aromatic carbocycles. The second kappa shape index (κ2) is 6.58. The molecule has 0 spiro atoms. The molecule has 2 aromatic rings. The Morgan fingerprint density at radius 2 is 1.76 bits per heavy atom. The van der Waals surface area contributed by atoms with Gasteiger partial charge in [-0.3, -0.25) is 4.72 Å². The summed E-state index contributed by atoms with van der Waals surface area (Å²) in [5.74, 6) is 0.656. The lowest BCUT2D eigenvalue weighted by atomic mass is 10.2. The third-order valence-electron chi connectivity index (χ3n) is 3.02. The minimum atomic E-state index is -3.60. The Hall–Kier alpha value is -2.08. The molecule has 112 valence electrons. The zero-order valence-corrected chi connectivity index (χ0v) is 12.9. The number of nitrogens with one attached hydrogen (secondary N) is 2. The topological polar surface area (TPSA) is 71.1 Å². The first-order chi connectivity index (χ1) is 10.0. The Morgan fingerprint density at radius 3 is 2.29 bits per heavy atom. The van der Waals surface area contributed by atoms with E-state index in [0.717, 1.165) is 18.5 Å². The second-order valence-corrected chi connectivity index (χ2v) is 6.25. The maximum atomic E-state index is 12.3. The molecule has 0 aliphatic carbocycles. The summed E-state index contributed by atoms with van der Waals surface area (Å²) in [5.41, 5.74) is 1.71. The molecule has 6 heteroatoms. The van der Waals surface area contributed by atoms with Gasteiger partial charge in [-0.1, -0.05) is 19.1 Å². The maximum absolute atomic E-state index is 12.3. The molecule has 2 rings (SSSR count). The first kappa shape index (κ1) is 15.3. The zero-order chi connectivity index (χ0) is 15.3. The average molecular weight is 305 g/mol. The minimum absolute atomic E-state index is 0.142. The van der Waals surface area contributed by atoms with Crippen LogP contribution in [0.1, 0.15) is 19.4 Å². The lowest BCUT2D eigenvalue weighted by Crippen LogP contribution is -2.13. The molecule has 0 unspecified atom stereocenters. The molecule has 2 N–H and O–H groups in total. The standard InChI is InChI=1S/C15H19N3O2S/c1-3-12-5-7-13(8-6-12)18-21(19,20)14-9-10-15(16-4-2)17-11-14/h5-11,18H,3-4H2,1-2H3,(H,16,17). The third kappa shape index (κ3) is 3.95. The third-order valence-corrected chi connectivity index (χ3v) is 4.39. The van der Waals surface area contributed by atoms with Crippen LogP contribution >= 0.6 is 0 Å². The van der Waals surface area contributed by atoms with E-state index >= 15 is 0 Å². The fourth-order valence-corrected chi connectivity index (χ4v) is 2.85. The predicted molar refractivity (Wildman–Crippen MR) is 85.0 cm³/mol. The van der Waals surface area contributed by atoms with Crippen molar-refractivity contribution in [3.05, 3.63) is 48.2 Å². The first-order valence-electron chi connectivity index (χ1n) is 6.87. The molecule has 0 atom stereocenters. The molecule has 21 heavy (non-hydrogen) atoms. The Morgan fingerprint density at radius 1 is 1.05 bits per heavy atom. The summed E-state index contributed by atoms with van der Waals surface area (Å²) in [4.78, 5) is 4.22. The highest BCUT2D eigenvalue weighted by Gasteiger charge is 2.14. The Balaban J connectivity index is 2.16. The largest absolute Gasteiger partial charge is 0.370 e. The van der Waals surface area contributed by atoms with Crippen LogP contribution in [0.5, 0.6) is 0 Å². The number of hydrogen-bond acceptors (Lipinski definition) is 4. The van der Waals surface area contributed by atoms with Gasteiger partial charge >= 0.3 is 0 Å². The van der Waals surface area contributed by atoms with Crippen molar-refractivity contribution in [2.45, 2.75) is 25.2 Å². The zero-order valence-electron chi connectivity index (χ0n) is 12.1. The van der Waals surface area contributed by atoms with Crippen molar-refractivity contribution in [2.75, 3.05) is 16.6 Å². The van der Waals surface area contributed by atoms with Crippen molar-refractivity contribution < 1.29 is 8.42 Å². The van der Waals surface area contributed by atoms with Crippen LogP contribution in [0.25, 0.3) is 0 Å². The lowest BCUT2D eigenvalue weighted by Gasteiger charge is -2.09. The van der Waals surface area contributed by atoms with E-state index < -0.39 is 10.0 Å². The predicted octanol–water partition coefficient (Wildman–Crippen LogP) is 2.88. The monoisotopic (exact) mass is 305 g/mol. The van der Waals surface area contributed by atoms with E-state index in [-0.39, 0.29) is 4.90 Å². The van der Waals surface area contributed by atoms with Crippen LogP contribution in [-0.4, -0.2) is 19.9 Å². The van der Waals surface area contributed by atoms with Crippen molar-refractivity contribution >= 4 is 21.5 Å². The van der Waals surface area contributed by atoms with Gasteiger partial charge in [0, 0.05) is 18.4 Å². The Bertz CT molecular complexity index is 680. The summed E-state index contributed by atoms with van der Waals surface area (Å²) in [6.45, 7) is 4.74. The van der Waals surface area contributed by atoms with Gasteiger partial charge in [-0.15, -0.1) is 0 Å². The van der Waals surface area contributed by atoms with Crippen LogP contribution < -0.4 is 10.0 Å². The van der Waals surface area contributed by atoms with Gasteiger partial charge in [0.2, 0.25) is 0 Å². The molecule has 5 nitrogen and oxygen atoms in total. The smallest absolute Gasteiger partial charge is 0.263 e. The van der Waals surface area contributed by atoms with Gasteiger partial charge in [-0.25, -0.2) is 13.4 Å². The second-order valence-electron chi connectivity index (χ2n) is 4.57. The quantitative estimate of drug-likeness (QED) is 0.861. The van der Waals surface area contributed by atoms with Gasteiger partial charge < -0.3 is 5.32 Å². The molecule has 0 saturated carbocycles. The molecule has 1 heterocycles. The van der Waals surface area contributed by atoms with Gasteiger partial charge in [0.1, 0.15) is 10.7 Å². The van der Waals surface area contributed by atoms with Crippen molar-refractivity contribution in [3.63, 3.8) is 0 Å². The molecule has 0 aliphatic heterocycles. The average Bonchev–Trinajstić information content (AvgIpc) is 2.48. The normalized spacial score (nSPS) is 11.1. The minimum Gasteiger partial charge on any atom is -0.370 e. The summed E-state index contributed by atoms with van der Waals surface area (Å²) in [7, 11) is -3.60. The summed E-state index contributed by atoms with van der Waals surface area (Å²) in [6.07, 6.45) is 2.27. The highest BCUT2D eigenvalue weighted by Crippen LogP contribution is 2.17. The summed E-state index contributed by atoms with van der Waals surface area (Å²) >= 11 is 0. The van der Waals surface area contributed by atoms with Crippen LogP contribution in [-0.2, 0) is 16.4 Å². The molecule has 0 saturated heterocycles. The molecule has 0 aliphatic rings. The van der Waals surface area contributed by atoms with Crippen molar-refractivity contribution in [3.8, 4) is 0 Å². The number of rotatable bonds is 6. The number of hydrogen-bond donors (Lipinski definition) is 2. The van der Waals surface area contributed by atoms with Gasteiger partial charge in [-0.2, -0.15) is 0 Å². The maximum Gasteiger partial charge on any atom is 0.263 e. The van der Waals surface area contributed by atoms with E-state index in [1.807, 2.05) is 19.1 Å². The van der Waals surface area contributed by atoms with Crippen LogP contribution in [0.2, 0.25) is 0 Å². The number of sulfonamides is 1. The lowest BCUT2D eigenvalue weighted by molar-refractivity contribution is 0.601. The highest BCUT2D eigenvalue weighted by atomic mass is 32.2. The van der Waals surface area contributed by atoms with Crippen molar-refractivity contribution in [2.24, 2.45) is 0 Å². The first-order valence-corrected chi connectivity index (χ1v) is 8.35. The highest BCUT2D eigenvalue weighted by molar-refractivity contribution is 7.92. The van der Waals surface area contributed by atoms with Gasteiger partial charge in [0.25, 0.3) is 10.0 Å². The van der Waals surface area contributed by atoms with Gasteiger partial charge in [-0.05, 0) is 43.2 Å². The number of anilines is 2. The van der Waals surface area contributed by atoms with Crippen LogP contribution in [0.15, 0.2) is 47.5 Å². The molecule has 1 aromatic heterocycles. The SMILES string of the molecule is CCNc1ccc(S(=O)(=O)Nc2ccc(CC)cc2)cn1. The molecular formula is C15H19N3O2S.